The van der Waals surface area contributed by atoms with Crippen LogP contribution in [0.5, 0.6) is 0 Å². The van der Waals surface area contributed by atoms with Crippen molar-refractivity contribution in [1.82, 2.24) is 5.32 Å². The molecule has 0 aromatic heterocycles. The van der Waals surface area contributed by atoms with Crippen LogP contribution in [0.3, 0.4) is 0 Å². The molecule has 1 aromatic carbocycles. The van der Waals surface area contributed by atoms with Crippen molar-refractivity contribution in [2.24, 2.45) is 5.92 Å². The van der Waals surface area contributed by atoms with Crippen molar-refractivity contribution in [3.05, 3.63) is 35.4 Å². The Labute approximate surface area is 105 Å². The summed E-state index contributed by atoms with van der Waals surface area (Å²) in [5.41, 5.74) is 0.311. The number of carbonyl (C=O) groups excluding carboxylic acids is 1. The summed E-state index contributed by atoms with van der Waals surface area (Å²) in [5.74, 6) is -1.63. The van der Waals surface area contributed by atoms with Crippen LogP contribution < -0.4 is 5.32 Å². The summed E-state index contributed by atoms with van der Waals surface area (Å²) in [4.78, 5) is 11.5. The molecule has 1 N–H and O–H groups in total. The molecule has 0 saturated heterocycles. The van der Waals surface area contributed by atoms with Gasteiger partial charge in [0, 0.05) is 18.2 Å². The molecule has 0 bridgehead atoms. The largest absolute Gasteiger partial charge is 0.468 e. The lowest BCUT2D eigenvalue weighted by atomic mass is 10.0. The van der Waals surface area contributed by atoms with Gasteiger partial charge in [0.25, 0.3) is 0 Å². The van der Waals surface area contributed by atoms with Crippen LogP contribution in [0.4, 0.5) is 8.78 Å². The molecule has 0 spiro atoms. The Morgan fingerprint density at radius 2 is 2.06 bits per heavy atom. The molecule has 5 heteroatoms. The first-order chi connectivity index (χ1) is 8.45. The Kier molecular flexibility index (Phi) is 5.22. The number of hydrogen-bond acceptors (Lipinski definition) is 3. The van der Waals surface area contributed by atoms with Crippen molar-refractivity contribution in [2.75, 3.05) is 7.11 Å². The fraction of sp³-hybridized carbons (Fsp3) is 0.462. The quantitative estimate of drug-likeness (QED) is 0.822. The first-order valence-corrected chi connectivity index (χ1v) is 5.70. The average Bonchev–Trinajstić information content (AvgIpc) is 2.31. The van der Waals surface area contributed by atoms with Gasteiger partial charge in [0.1, 0.15) is 17.7 Å². The highest BCUT2D eigenvalue weighted by Crippen LogP contribution is 2.11. The number of nitrogens with one attached hydrogen (secondary N) is 1. The lowest BCUT2D eigenvalue weighted by molar-refractivity contribution is -0.144. The van der Waals surface area contributed by atoms with Gasteiger partial charge < -0.3 is 4.74 Å². The van der Waals surface area contributed by atoms with Gasteiger partial charge in [0.2, 0.25) is 0 Å². The number of halogens is 2. The van der Waals surface area contributed by atoms with E-state index in [4.69, 9.17) is 0 Å². The maximum Gasteiger partial charge on any atom is 0.323 e. The van der Waals surface area contributed by atoms with E-state index in [1.807, 2.05) is 13.8 Å². The second-order valence-corrected chi connectivity index (χ2v) is 4.36. The Balaban J connectivity index is 2.70. The van der Waals surface area contributed by atoms with Gasteiger partial charge in [-0.2, -0.15) is 0 Å². The van der Waals surface area contributed by atoms with Crippen molar-refractivity contribution in [3.8, 4) is 0 Å². The number of rotatable bonds is 5. The summed E-state index contributed by atoms with van der Waals surface area (Å²) in [7, 11) is 1.30. The number of benzene rings is 1. The van der Waals surface area contributed by atoms with Crippen LogP contribution in [0.2, 0.25) is 0 Å². The van der Waals surface area contributed by atoms with Gasteiger partial charge in [-0.15, -0.1) is 0 Å². The van der Waals surface area contributed by atoms with Crippen molar-refractivity contribution >= 4 is 5.97 Å². The van der Waals surface area contributed by atoms with Crippen LogP contribution in [-0.2, 0) is 16.1 Å². The zero-order chi connectivity index (χ0) is 13.7. The second-order valence-electron chi connectivity index (χ2n) is 4.36. The number of hydrogen-bond donors (Lipinski definition) is 1. The smallest absolute Gasteiger partial charge is 0.323 e. The van der Waals surface area contributed by atoms with Gasteiger partial charge >= 0.3 is 5.97 Å². The number of esters is 1. The normalized spacial score (nSPS) is 12.6. The molecule has 1 rings (SSSR count). The van der Waals surface area contributed by atoms with Gasteiger partial charge in [-0.1, -0.05) is 19.9 Å². The van der Waals surface area contributed by atoms with E-state index in [0.717, 1.165) is 6.07 Å². The SMILES string of the molecule is COC(=O)C(NCc1ccc(F)cc1F)C(C)C. The molecule has 1 atom stereocenters. The molecule has 0 saturated carbocycles. The van der Waals surface area contributed by atoms with Crippen LogP contribution in [0.25, 0.3) is 0 Å². The Bertz CT molecular complexity index is 421. The highest BCUT2D eigenvalue weighted by molar-refractivity contribution is 5.75. The molecule has 0 amide bonds. The predicted octanol–water partition coefficient (Wildman–Crippen LogP) is 2.25. The zero-order valence-electron chi connectivity index (χ0n) is 10.7. The topological polar surface area (TPSA) is 38.3 Å². The highest BCUT2D eigenvalue weighted by atomic mass is 19.1. The molecule has 0 fully saturated rings. The average molecular weight is 257 g/mol. The van der Waals surface area contributed by atoms with E-state index in [2.05, 4.69) is 10.1 Å². The third-order valence-electron chi connectivity index (χ3n) is 2.65. The fourth-order valence-corrected chi connectivity index (χ4v) is 1.60. The minimum Gasteiger partial charge on any atom is -0.468 e. The maximum atomic E-state index is 13.4. The molecule has 18 heavy (non-hydrogen) atoms. The van der Waals surface area contributed by atoms with Gasteiger partial charge in [0.05, 0.1) is 7.11 Å². The van der Waals surface area contributed by atoms with E-state index in [0.29, 0.717) is 5.56 Å². The van der Waals surface area contributed by atoms with E-state index in [1.54, 1.807) is 0 Å². The minimum absolute atomic E-state index is 0.0148. The van der Waals surface area contributed by atoms with Crippen LogP contribution in [0, 0.1) is 17.6 Å². The molecule has 0 aliphatic heterocycles. The molecular formula is C13H17F2NO2. The van der Waals surface area contributed by atoms with Crippen LogP contribution in [-0.4, -0.2) is 19.1 Å². The second kappa shape index (κ2) is 6.44. The van der Waals surface area contributed by atoms with Gasteiger partial charge in [-0.05, 0) is 12.0 Å². The molecule has 1 aromatic rings. The Morgan fingerprint density at radius 3 is 2.56 bits per heavy atom. The third kappa shape index (κ3) is 3.77. The van der Waals surface area contributed by atoms with E-state index < -0.39 is 23.6 Å². The lowest BCUT2D eigenvalue weighted by Gasteiger charge is -2.20. The molecule has 0 radical (unpaired) electrons. The standard InChI is InChI=1S/C13H17F2NO2/c1-8(2)12(13(17)18-3)16-7-9-4-5-10(14)6-11(9)15/h4-6,8,12,16H,7H2,1-3H3. The van der Waals surface area contributed by atoms with E-state index in [9.17, 15) is 13.6 Å². The van der Waals surface area contributed by atoms with Crippen LogP contribution >= 0.6 is 0 Å². The first kappa shape index (κ1) is 14.6. The molecule has 0 heterocycles. The molecule has 0 aliphatic rings. The summed E-state index contributed by atoms with van der Waals surface area (Å²) >= 11 is 0. The zero-order valence-corrected chi connectivity index (χ0v) is 10.7. The van der Waals surface area contributed by atoms with Gasteiger partial charge in [-0.3, -0.25) is 10.1 Å². The highest BCUT2D eigenvalue weighted by Gasteiger charge is 2.22. The Hall–Kier alpha value is -1.49. The lowest BCUT2D eigenvalue weighted by Crippen LogP contribution is -2.41. The summed E-state index contributed by atoms with van der Waals surface area (Å²) in [6.07, 6.45) is 0. The van der Waals surface area contributed by atoms with Crippen molar-refractivity contribution in [3.63, 3.8) is 0 Å². The van der Waals surface area contributed by atoms with Crippen LogP contribution in [0.1, 0.15) is 19.4 Å². The third-order valence-corrected chi connectivity index (χ3v) is 2.65. The summed E-state index contributed by atoms with van der Waals surface area (Å²) in [6, 6.07) is 2.84. The van der Waals surface area contributed by atoms with Gasteiger partial charge in [0.15, 0.2) is 0 Å². The van der Waals surface area contributed by atoms with Crippen molar-refractivity contribution < 1.29 is 18.3 Å². The molecule has 3 nitrogen and oxygen atoms in total. The first-order valence-electron chi connectivity index (χ1n) is 5.70. The molecule has 100 valence electrons. The van der Waals surface area contributed by atoms with Crippen molar-refractivity contribution in [1.29, 1.82) is 0 Å². The molecule has 1 unspecified atom stereocenters. The Morgan fingerprint density at radius 1 is 1.39 bits per heavy atom. The van der Waals surface area contributed by atoms with Crippen LogP contribution in [0.15, 0.2) is 18.2 Å². The maximum absolute atomic E-state index is 13.4. The van der Waals surface area contributed by atoms with E-state index in [-0.39, 0.29) is 12.5 Å². The summed E-state index contributed by atoms with van der Waals surface area (Å²) in [5, 5.41) is 2.91. The van der Waals surface area contributed by atoms with E-state index in [1.165, 1.54) is 19.2 Å². The number of carbonyl (C=O) groups is 1. The molecular weight excluding hydrogens is 240 g/mol. The monoisotopic (exact) mass is 257 g/mol. The number of methoxy groups -OCH3 is 1. The predicted molar refractivity (Wildman–Crippen MR) is 63.8 cm³/mol. The molecule has 0 aliphatic carbocycles. The van der Waals surface area contributed by atoms with E-state index >= 15 is 0 Å². The summed E-state index contributed by atoms with van der Waals surface area (Å²) < 4.78 is 30.8. The fourth-order valence-electron chi connectivity index (χ4n) is 1.60. The minimum atomic E-state index is -0.630. The summed E-state index contributed by atoms with van der Waals surface area (Å²) in [6.45, 7) is 3.86. The van der Waals surface area contributed by atoms with Gasteiger partial charge in [-0.25, -0.2) is 8.78 Å². The number of ether oxygens (including phenoxy) is 1. The van der Waals surface area contributed by atoms with Crippen molar-refractivity contribution in [2.45, 2.75) is 26.4 Å².